The average molecular weight is 468 g/mol. The van der Waals surface area contributed by atoms with Gasteiger partial charge in [-0.05, 0) is 19.8 Å². The summed E-state index contributed by atoms with van der Waals surface area (Å²) in [6, 6.07) is -5.18. The number of carbonyl (C=O) groups is 5. The lowest BCUT2D eigenvalue weighted by molar-refractivity contribution is -0.146. The van der Waals surface area contributed by atoms with E-state index < -0.39 is 66.4 Å². The largest absolute Gasteiger partial charge is 0.481 e. The number of aliphatic hydroxyl groups is 1. The molecule has 14 heteroatoms. The van der Waals surface area contributed by atoms with Gasteiger partial charge < -0.3 is 41.6 Å². The SMILES string of the molecule is CC(O)C(NC(=O)C(N)CC(=O)O)C(=O)N1CCCC1C(=O)NC(Cc1cnc[nH]1)C(=O)O. The van der Waals surface area contributed by atoms with Gasteiger partial charge in [0.05, 0.1) is 24.9 Å². The molecule has 1 aliphatic rings. The average Bonchev–Trinajstić information content (AvgIpc) is 3.41. The van der Waals surface area contributed by atoms with Crippen molar-refractivity contribution in [1.82, 2.24) is 25.5 Å². The van der Waals surface area contributed by atoms with Crippen LogP contribution in [0.25, 0.3) is 0 Å². The van der Waals surface area contributed by atoms with Crippen molar-refractivity contribution in [3.05, 3.63) is 18.2 Å². The number of hydrogen-bond acceptors (Lipinski definition) is 8. The lowest BCUT2D eigenvalue weighted by Gasteiger charge is -2.31. The number of hydrogen-bond donors (Lipinski definition) is 7. The highest BCUT2D eigenvalue weighted by Crippen LogP contribution is 2.20. The third-order valence-electron chi connectivity index (χ3n) is 5.21. The molecule has 1 aliphatic heterocycles. The highest BCUT2D eigenvalue weighted by atomic mass is 16.4. The van der Waals surface area contributed by atoms with Crippen LogP contribution < -0.4 is 16.4 Å². The number of carboxylic acids is 2. The molecule has 0 aliphatic carbocycles. The number of carbonyl (C=O) groups excluding carboxylic acids is 3. The summed E-state index contributed by atoms with van der Waals surface area (Å²) in [6.45, 7) is 1.40. The Morgan fingerprint density at radius 3 is 2.52 bits per heavy atom. The number of aliphatic hydroxyl groups excluding tert-OH is 1. The smallest absolute Gasteiger partial charge is 0.326 e. The number of likely N-dealkylation sites (tertiary alicyclic amines) is 1. The molecule has 1 aromatic heterocycles. The van der Waals surface area contributed by atoms with Crippen molar-refractivity contribution >= 4 is 29.7 Å². The van der Waals surface area contributed by atoms with Gasteiger partial charge in [-0.15, -0.1) is 0 Å². The van der Waals surface area contributed by atoms with Crippen molar-refractivity contribution < 1.29 is 39.3 Å². The molecular formula is C19H28N6O8. The predicted molar refractivity (Wildman–Crippen MR) is 110 cm³/mol. The molecule has 2 rings (SSSR count). The summed E-state index contributed by atoms with van der Waals surface area (Å²) < 4.78 is 0. The van der Waals surface area contributed by atoms with Crippen molar-refractivity contribution in [3.8, 4) is 0 Å². The first-order chi connectivity index (χ1) is 15.5. The number of aliphatic carboxylic acids is 2. The second-order valence-electron chi connectivity index (χ2n) is 7.80. The molecule has 0 saturated carbocycles. The van der Waals surface area contributed by atoms with Gasteiger partial charge in [-0.3, -0.25) is 19.2 Å². The van der Waals surface area contributed by atoms with Gasteiger partial charge in [-0.1, -0.05) is 0 Å². The maximum Gasteiger partial charge on any atom is 0.326 e. The fraction of sp³-hybridized carbons (Fsp3) is 0.579. The summed E-state index contributed by atoms with van der Waals surface area (Å²) in [5.74, 6) is -4.97. The normalized spacial score (nSPS) is 19.2. The summed E-state index contributed by atoms with van der Waals surface area (Å²) in [5, 5.41) is 32.9. The van der Waals surface area contributed by atoms with Crippen molar-refractivity contribution in [2.24, 2.45) is 5.73 Å². The molecular weight excluding hydrogens is 440 g/mol. The maximum absolute atomic E-state index is 13.0. The number of nitrogens with two attached hydrogens (primary N) is 1. The molecule has 1 aromatic rings. The van der Waals surface area contributed by atoms with Crippen LogP contribution in [0.1, 0.15) is 31.9 Å². The van der Waals surface area contributed by atoms with Gasteiger partial charge >= 0.3 is 11.9 Å². The summed E-state index contributed by atoms with van der Waals surface area (Å²) in [5.41, 5.74) is 6.01. The fourth-order valence-corrected chi connectivity index (χ4v) is 3.50. The molecule has 1 saturated heterocycles. The number of nitrogens with zero attached hydrogens (tertiary/aromatic N) is 2. The molecule has 14 nitrogen and oxygen atoms in total. The van der Waals surface area contributed by atoms with Crippen molar-refractivity contribution in [2.45, 2.75) is 62.9 Å². The van der Waals surface area contributed by atoms with Crippen molar-refractivity contribution in [3.63, 3.8) is 0 Å². The van der Waals surface area contributed by atoms with E-state index in [9.17, 15) is 34.2 Å². The van der Waals surface area contributed by atoms with E-state index in [1.807, 2.05) is 0 Å². The van der Waals surface area contributed by atoms with Gasteiger partial charge in [-0.25, -0.2) is 9.78 Å². The van der Waals surface area contributed by atoms with E-state index in [4.69, 9.17) is 10.8 Å². The predicted octanol–water partition coefficient (Wildman–Crippen LogP) is -2.82. The van der Waals surface area contributed by atoms with E-state index in [-0.39, 0.29) is 19.4 Å². The van der Waals surface area contributed by atoms with Crippen LogP contribution in [0.3, 0.4) is 0 Å². The Hall–Kier alpha value is -3.52. The highest BCUT2D eigenvalue weighted by Gasteiger charge is 2.40. The van der Waals surface area contributed by atoms with Crippen LogP contribution in [0.15, 0.2) is 12.5 Å². The summed E-state index contributed by atoms with van der Waals surface area (Å²) in [7, 11) is 0. The number of imidazole rings is 1. The molecule has 0 spiro atoms. The van der Waals surface area contributed by atoms with Crippen LogP contribution in [0.4, 0.5) is 0 Å². The van der Waals surface area contributed by atoms with E-state index >= 15 is 0 Å². The molecule has 2 heterocycles. The van der Waals surface area contributed by atoms with Crippen molar-refractivity contribution in [1.29, 1.82) is 0 Å². The minimum absolute atomic E-state index is 0.0461. The zero-order valence-corrected chi connectivity index (χ0v) is 17.9. The molecule has 33 heavy (non-hydrogen) atoms. The third kappa shape index (κ3) is 6.98. The topological polar surface area (TPSA) is 228 Å². The van der Waals surface area contributed by atoms with Crippen molar-refractivity contribution in [2.75, 3.05) is 6.54 Å². The Kier molecular flexibility index (Phi) is 8.87. The number of H-pyrrole nitrogens is 1. The molecule has 3 amide bonds. The number of amides is 3. The molecule has 0 aromatic carbocycles. The quantitative estimate of drug-likeness (QED) is 0.176. The van der Waals surface area contributed by atoms with Gasteiger partial charge in [0, 0.05) is 24.9 Å². The second kappa shape index (κ2) is 11.4. The Morgan fingerprint density at radius 1 is 1.27 bits per heavy atom. The zero-order chi connectivity index (χ0) is 24.7. The lowest BCUT2D eigenvalue weighted by atomic mass is 10.1. The summed E-state index contributed by atoms with van der Waals surface area (Å²) >= 11 is 0. The van der Waals surface area contributed by atoms with E-state index in [1.165, 1.54) is 19.4 Å². The van der Waals surface area contributed by atoms with E-state index in [0.717, 1.165) is 4.90 Å². The standard InChI is InChI=1S/C19H28N6O8/c1-9(26)15(24-16(29)11(20)6-14(27)28)18(31)25-4-2-3-13(25)17(30)23-12(19(32)33)5-10-7-21-8-22-10/h7-9,11-13,15,26H,2-6,20H2,1H3,(H,21,22)(H,23,30)(H,24,29)(H,27,28)(H,32,33). The van der Waals surface area contributed by atoms with E-state index in [1.54, 1.807) is 0 Å². The van der Waals surface area contributed by atoms with Crippen LogP contribution >= 0.6 is 0 Å². The Labute approximate surface area is 188 Å². The van der Waals surface area contributed by atoms with Gasteiger partial charge in [0.15, 0.2) is 0 Å². The number of rotatable bonds is 11. The Balaban J connectivity index is 2.09. The van der Waals surface area contributed by atoms with E-state index in [0.29, 0.717) is 12.1 Å². The monoisotopic (exact) mass is 468 g/mol. The fourth-order valence-electron chi connectivity index (χ4n) is 3.50. The highest BCUT2D eigenvalue weighted by molar-refractivity contribution is 5.95. The minimum atomic E-state index is -1.47. The maximum atomic E-state index is 13.0. The second-order valence-corrected chi connectivity index (χ2v) is 7.80. The minimum Gasteiger partial charge on any atom is -0.481 e. The lowest BCUT2D eigenvalue weighted by Crippen LogP contribution is -2.59. The van der Waals surface area contributed by atoms with Crippen LogP contribution in [-0.4, -0.2) is 96.7 Å². The van der Waals surface area contributed by atoms with Gasteiger partial charge in [0.1, 0.15) is 18.1 Å². The zero-order valence-electron chi connectivity index (χ0n) is 17.9. The van der Waals surface area contributed by atoms with Crippen LogP contribution in [0.2, 0.25) is 0 Å². The Bertz CT molecular complexity index is 874. The number of aromatic amines is 1. The molecule has 182 valence electrons. The molecule has 0 radical (unpaired) electrons. The third-order valence-corrected chi connectivity index (χ3v) is 5.21. The first kappa shape index (κ1) is 25.7. The molecule has 5 atom stereocenters. The first-order valence-corrected chi connectivity index (χ1v) is 10.3. The van der Waals surface area contributed by atoms with Crippen LogP contribution in [0.5, 0.6) is 0 Å². The molecule has 1 fully saturated rings. The number of carboxylic acid groups (broad SMARTS) is 2. The summed E-state index contributed by atoms with van der Waals surface area (Å²) in [4.78, 5) is 68.1. The van der Waals surface area contributed by atoms with Gasteiger partial charge in [0.25, 0.3) is 0 Å². The van der Waals surface area contributed by atoms with Gasteiger partial charge in [0.2, 0.25) is 17.7 Å². The Morgan fingerprint density at radius 2 is 1.97 bits per heavy atom. The number of aromatic nitrogens is 2. The van der Waals surface area contributed by atoms with E-state index in [2.05, 4.69) is 20.6 Å². The van der Waals surface area contributed by atoms with Crippen LogP contribution in [0, 0.1) is 0 Å². The number of nitrogens with one attached hydrogen (secondary N) is 3. The first-order valence-electron chi connectivity index (χ1n) is 10.3. The molecule has 0 bridgehead atoms. The summed E-state index contributed by atoms with van der Waals surface area (Å²) in [6.07, 6.45) is 1.42. The molecule has 5 unspecified atom stereocenters. The van der Waals surface area contributed by atoms with Crippen LogP contribution in [-0.2, 0) is 30.4 Å². The molecule has 8 N–H and O–H groups in total. The van der Waals surface area contributed by atoms with Gasteiger partial charge in [-0.2, -0.15) is 0 Å².